The van der Waals surface area contributed by atoms with E-state index in [1.54, 1.807) is 0 Å². The highest BCUT2D eigenvalue weighted by atomic mass is 35.5. The van der Waals surface area contributed by atoms with E-state index in [1.807, 2.05) is 0 Å². The minimum Gasteiger partial charge on any atom is -0.367 e. The van der Waals surface area contributed by atoms with Crippen LogP contribution in [0.15, 0.2) is 18.2 Å². The number of hydrogen-bond donors (Lipinski definition) is 1. The van der Waals surface area contributed by atoms with Crippen LogP contribution >= 0.6 is 11.6 Å². The maximum absolute atomic E-state index is 6.60. The van der Waals surface area contributed by atoms with Crippen molar-refractivity contribution >= 4 is 17.3 Å². The van der Waals surface area contributed by atoms with E-state index in [1.165, 1.54) is 56.2 Å². The lowest BCUT2D eigenvalue weighted by Crippen LogP contribution is -2.34. The molecule has 1 heterocycles. The van der Waals surface area contributed by atoms with Crippen LogP contribution in [0.3, 0.4) is 0 Å². The summed E-state index contributed by atoms with van der Waals surface area (Å²) in [4.78, 5) is 2.55. The fourth-order valence-electron chi connectivity index (χ4n) is 3.36. The highest BCUT2D eigenvalue weighted by Gasteiger charge is 2.22. The van der Waals surface area contributed by atoms with Gasteiger partial charge in [-0.3, -0.25) is 0 Å². The second-order valence-corrected chi connectivity index (χ2v) is 6.95. The summed E-state index contributed by atoms with van der Waals surface area (Å²) in [5.74, 6) is 0. The molecule has 1 aliphatic heterocycles. The highest BCUT2D eigenvalue weighted by molar-refractivity contribution is 6.33. The second-order valence-electron chi connectivity index (χ2n) is 6.55. The van der Waals surface area contributed by atoms with E-state index in [2.05, 4.69) is 35.3 Å². The average Bonchev–Trinajstić information content (AvgIpc) is 3.32. The lowest BCUT2D eigenvalue weighted by molar-refractivity contribution is 0.556. The van der Waals surface area contributed by atoms with Gasteiger partial charge in [-0.2, -0.15) is 0 Å². The smallest absolute Gasteiger partial charge is 0.0642 e. The van der Waals surface area contributed by atoms with Crippen molar-refractivity contribution in [1.29, 1.82) is 0 Å². The molecule has 3 heteroatoms. The first-order valence-electron chi connectivity index (χ1n) is 8.56. The van der Waals surface area contributed by atoms with E-state index in [-0.39, 0.29) is 0 Å². The summed E-state index contributed by atoms with van der Waals surface area (Å²) in [6, 6.07) is 8.04. The quantitative estimate of drug-likeness (QED) is 0.844. The Kier molecular flexibility index (Phi) is 5.07. The van der Waals surface area contributed by atoms with E-state index in [0.717, 1.165) is 24.2 Å². The van der Waals surface area contributed by atoms with Gasteiger partial charge in [0, 0.05) is 25.2 Å². The van der Waals surface area contributed by atoms with Crippen molar-refractivity contribution in [2.45, 2.75) is 70.5 Å². The normalized spacial score (nSPS) is 23.1. The predicted octanol–water partition coefficient (Wildman–Crippen LogP) is 4.75. The van der Waals surface area contributed by atoms with Crippen molar-refractivity contribution < 1.29 is 0 Å². The molecule has 1 saturated heterocycles. The minimum absolute atomic E-state index is 0.653. The first kappa shape index (κ1) is 15.2. The van der Waals surface area contributed by atoms with Gasteiger partial charge in [-0.25, -0.2) is 0 Å². The van der Waals surface area contributed by atoms with Crippen molar-refractivity contribution in [3.8, 4) is 0 Å². The third kappa shape index (κ3) is 3.92. The van der Waals surface area contributed by atoms with Crippen LogP contribution in [0.4, 0.5) is 5.69 Å². The lowest BCUT2D eigenvalue weighted by Gasteiger charge is -2.32. The summed E-state index contributed by atoms with van der Waals surface area (Å²) in [6.07, 6.45) is 9.18. The van der Waals surface area contributed by atoms with Crippen molar-refractivity contribution in [1.82, 2.24) is 5.32 Å². The summed E-state index contributed by atoms with van der Waals surface area (Å²) in [7, 11) is 0. The Balaban J connectivity index is 1.73. The van der Waals surface area contributed by atoms with Gasteiger partial charge < -0.3 is 10.2 Å². The van der Waals surface area contributed by atoms with Gasteiger partial charge in [-0.15, -0.1) is 0 Å². The maximum Gasteiger partial charge on any atom is 0.0642 e. The number of halogens is 1. The van der Waals surface area contributed by atoms with Crippen molar-refractivity contribution in [3.63, 3.8) is 0 Å². The van der Waals surface area contributed by atoms with E-state index in [4.69, 9.17) is 11.6 Å². The molecule has 1 aromatic carbocycles. The molecule has 2 nitrogen and oxygen atoms in total. The summed E-state index contributed by atoms with van der Waals surface area (Å²) in [6.45, 7) is 4.39. The highest BCUT2D eigenvalue weighted by Crippen LogP contribution is 2.32. The average molecular weight is 307 g/mol. The van der Waals surface area contributed by atoms with E-state index >= 15 is 0 Å². The Bertz CT molecular complexity index is 470. The Morgan fingerprint density at radius 3 is 2.76 bits per heavy atom. The van der Waals surface area contributed by atoms with Crippen LogP contribution in [0, 0.1) is 0 Å². The molecule has 3 rings (SSSR count). The Labute approximate surface area is 133 Å². The summed E-state index contributed by atoms with van der Waals surface area (Å²) < 4.78 is 0. The number of benzene rings is 1. The summed E-state index contributed by atoms with van der Waals surface area (Å²) in [5.41, 5.74) is 2.54. The predicted molar refractivity (Wildman–Crippen MR) is 91.2 cm³/mol. The number of rotatable bonds is 5. The Morgan fingerprint density at radius 2 is 2.05 bits per heavy atom. The number of hydrogen-bond acceptors (Lipinski definition) is 2. The number of anilines is 1. The number of nitrogens with one attached hydrogen (secondary N) is 1. The molecular weight excluding hydrogens is 280 g/mol. The Morgan fingerprint density at radius 1 is 1.19 bits per heavy atom. The van der Waals surface area contributed by atoms with Crippen LogP contribution in [0.25, 0.3) is 0 Å². The first-order valence-corrected chi connectivity index (χ1v) is 8.94. The standard InChI is InChI=1S/C18H27ClN2/c1-2-16-6-4-3-5-11-21(16)18-10-7-14(12-17(18)19)13-20-15-8-9-15/h7,10,12,15-16,20H,2-6,8-9,11,13H2,1H3. The molecule has 116 valence electrons. The van der Waals surface area contributed by atoms with Crippen molar-refractivity contribution in [3.05, 3.63) is 28.8 Å². The van der Waals surface area contributed by atoms with E-state index < -0.39 is 0 Å². The topological polar surface area (TPSA) is 15.3 Å². The van der Waals surface area contributed by atoms with Gasteiger partial charge in [-0.1, -0.05) is 37.4 Å². The molecule has 1 unspecified atom stereocenters. The van der Waals surface area contributed by atoms with Crippen LogP contribution < -0.4 is 10.2 Å². The molecule has 1 saturated carbocycles. The fraction of sp³-hybridized carbons (Fsp3) is 0.667. The second kappa shape index (κ2) is 7.02. The van der Waals surface area contributed by atoms with Gasteiger partial charge in [-0.05, 0) is 49.8 Å². The third-order valence-electron chi connectivity index (χ3n) is 4.84. The molecule has 1 aliphatic carbocycles. The van der Waals surface area contributed by atoms with Gasteiger partial charge in [0.25, 0.3) is 0 Å². The van der Waals surface area contributed by atoms with Gasteiger partial charge in [0.2, 0.25) is 0 Å². The van der Waals surface area contributed by atoms with Crippen LogP contribution in [-0.4, -0.2) is 18.6 Å². The molecule has 0 bridgehead atoms. The van der Waals surface area contributed by atoms with Crippen molar-refractivity contribution in [2.24, 2.45) is 0 Å². The molecule has 2 aliphatic rings. The van der Waals surface area contributed by atoms with Crippen LogP contribution in [0.1, 0.15) is 57.4 Å². The zero-order valence-corrected chi connectivity index (χ0v) is 13.8. The molecular formula is C18H27ClN2. The molecule has 1 atom stereocenters. The monoisotopic (exact) mass is 306 g/mol. The van der Waals surface area contributed by atoms with Crippen LogP contribution in [0.2, 0.25) is 5.02 Å². The molecule has 1 N–H and O–H groups in total. The maximum atomic E-state index is 6.60. The molecule has 0 spiro atoms. The molecule has 0 radical (unpaired) electrons. The van der Waals surface area contributed by atoms with Gasteiger partial charge >= 0.3 is 0 Å². The van der Waals surface area contributed by atoms with Crippen LogP contribution in [-0.2, 0) is 6.54 Å². The zero-order valence-electron chi connectivity index (χ0n) is 13.1. The lowest BCUT2D eigenvalue weighted by atomic mass is 10.1. The first-order chi connectivity index (χ1) is 10.3. The minimum atomic E-state index is 0.653. The molecule has 0 aromatic heterocycles. The zero-order chi connectivity index (χ0) is 14.7. The molecule has 21 heavy (non-hydrogen) atoms. The third-order valence-corrected chi connectivity index (χ3v) is 5.14. The summed E-state index contributed by atoms with van der Waals surface area (Å²) >= 11 is 6.60. The summed E-state index contributed by atoms with van der Waals surface area (Å²) in [5, 5.41) is 4.48. The SMILES string of the molecule is CCC1CCCCCN1c1ccc(CNC2CC2)cc1Cl. The van der Waals surface area contributed by atoms with Gasteiger partial charge in [0.1, 0.15) is 0 Å². The molecule has 2 fully saturated rings. The van der Waals surface area contributed by atoms with Gasteiger partial charge in [0.05, 0.1) is 10.7 Å². The number of nitrogens with zero attached hydrogens (tertiary/aromatic N) is 1. The molecule has 0 amide bonds. The molecule has 1 aromatic rings. The van der Waals surface area contributed by atoms with E-state index in [9.17, 15) is 0 Å². The van der Waals surface area contributed by atoms with E-state index in [0.29, 0.717) is 6.04 Å². The van der Waals surface area contributed by atoms with Crippen LogP contribution in [0.5, 0.6) is 0 Å². The van der Waals surface area contributed by atoms with Gasteiger partial charge in [0.15, 0.2) is 0 Å². The fourth-order valence-corrected chi connectivity index (χ4v) is 3.67. The van der Waals surface area contributed by atoms with Crippen molar-refractivity contribution in [2.75, 3.05) is 11.4 Å². The largest absolute Gasteiger partial charge is 0.367 e. The Hall–Kier alpha value is -0.730.